The van der Waals surface area contributed by atoms with Crippen LogP contribution >= 0.6 is 11.1 Å². The maximum atomic E-state index is 5.51. The number of rotatable bonds is 1. The van der Waals surface area contributed by atoms with Gasteiger partial charge in [-0.1, -0.05) is 0 Å². The van der Waals surface area contributed by atoms with E-state index in [4.69, 9.17) is 25.3 Å². The van der Waals surface area contributed by atoms with Crippen LogP contribution in [0.15, 0.2) is 0 Å². The van der Waals surface area contributed by atoms with Gasteiger partial charge in [0, 0.05) is 0 Å². The smallest absolute Gasteiger partial charge is 0.190 e. The SMILES string of the molecule is Cl[SiH2]C1OCOCO1. The first kappa shape index (κ1) is 6.51. The van der Waals surface area contributed by atoms with Crippen LogP contribution in [0.2, 0.25) is 0 Å². The maximum absolute atomic E-state index is 5.51. The predicted octanol–water partition coefficient (Wildman–Crippen LogP) is -0.429. The second-order valence-electron chi connectivity index (χ2n) is 1.36. The highest BCUT2D eigenvalue weighted by Gasteiger charge is 2.12. The highest BCUT2D eigenvalue weighted by molar-refractivity contribution is 6.94. The van der Waals surface area contributed by atoms with Gasteiger partial charge in [-0.25, -0.2) is 0 Å². The molecule has 3 nitrogen and oxygen atoms in total. The molecule has 1 aliphatic heterocycles. The molecule has 1 rings (SSSR count). The van der Waals surface area contributed by atoms with E-state index in [1.807, 2.05) is 0 Å². The zero-order chi connectivity index (χ0) is 5.82. The standard InChI is InChI=1S/C3H7ClO3Si/c4-8-3-6-1-5-2-7-3/h3H,1-2,8H2. The Labute approximate surface area is 54.4 Å². The summed E-state index contributed by atoms with van der Waals surface area (Å²) in [4.78, 5) is 0. The minimum Gasteiger partial charge on any atom is -0.329 e. The van der Waals surface area contributed by atoms with Gasteiger partial charge in [0.25, 0.3) is 0 Å². The summed E-state index contributed by atoms with van der Waals surface area (Å²) in [5.41, 5.74) is 0. The Morgan fingerprint density at radius 3 is 2.38 bits per heavy atom. The van der Waals surface area contributed by atoms with Gasteiger partial charge >= 0.3 is 0 Å². The fourth-order valence-corrected chi connectivity index (χ4v) is 1.32. The minimum atomic E-state index is -0.684. The van der Waals surface area contributed by atoms with Crippen molar-refractivity contribution in [2.24, 2.45) is 0 Å². The molecule has 1 heterocycles. The Balaban J connectivity index is 2.13. The topological polar surface area (TPSA) is 27.7 Å². The lowest BCUT2D eigenvalue weighted by Crippen LogP contribution is -2.29. The third-order valence-corrected chi connectivity index (χ3v) is 2.28. The Bertz CT molecular complexity index is 65.5. The monoisotopic (exact) mass is 154 g/mol. The lowest BCUT2D eigenvalue weighted by molar-refractivity contribution is -0.268. The molecule has 0 aromatic carbocycles. The van der Waals surface area contributed by atoms with Crippen LogP contribution < -0.4 is 0 Å². The molecule has 0 aromatic rings. The Morgan fingerprint density at radius 1 is 1.38 bits per heavy atom. The van der Waals surface area contributed by atoms with E-state index >= 15 is 0 Å². The first-order chi connectivity index (χ1) is 3.93. The van der Waals surface area contributed by atoms with Crippen molar-refractivity contribution >= 4 is 19.9 Å². The van der Waals surface area contributed by atoms with E-state index in [1.165, 1.54) is 0 Å². The van der Waals surface area contributed by atoms with E-state index in [2.05, 4.69) is 0 Å². The molecule has 8 heavy (non-hydrogen) atoms. The lowest BCUT2D eigenvalue weighted by Gasteiger charge is -2.20. The summed E-state index contributed by atoms with van der Waals surface area (Å²) in [6.45, 7) is 0.648. The summed E-state index contributed by atoms with van der Waals surface area (Å²) < 4.78 is 14.5. The summed E-state index contributed by atoms with van der Waals surface area (Å²) in [6.07, 6.45) is 0. The second kappa shape index (κ2) is 3.42. The molecule has 0 amide bonds. The van der Waals surface area contributed by atoms with Gasteiger partial charge in [-0.3, -0.25) is 0 Å². The molecule has 1 aliphatic rings. The molecule has 1 fully saturated rings. The lowest BCUT2D eigenvalue weighted by atomic mass is 11.2. The van der Waals surface area contributed by atoms with Crippen molar-refractivity contribution in [2.75, 3.05) is 13.6 Å². The highest BCUT2D eigenvalue weighted by Crippen LogP contribution is 2.00. The average molecular weight is 155 g/mol. The van der Waals surface area contributed by atoms with Crippen molar-refractivity contribution in [1.29, 1.82) is 0 Å². The van der Waals surface area contributed by atoms with Gasteiger partial charge in [-0.2, -0.15) is 11.1 Å². The van der Waals surface area contributed by atoms with Crippen LogP contribution in [0.1, 0.15) is 0 Å². The Kier molecular flexibility index (Phi) is 2.78. The van der Waals surface area contributed by atoms with Crippen LogP contribution in [0.5, 0.6) is 0 Å². The number of ether oxygens (including phenoxy) is 3. The summed E-state index contributed by atoms with van der Waals surface area (Å²) in [5, 5.41) is 0. The van der Waals surface area contributed by atoms with Gasteiger partial charge in [0.05, 0.1) is 0 Å². The fraction of sp³-hybridized carbons (Fsp3) is 1.00. The maximum Gasteiger partial charge on any atom is 0.190 e. The summed E-state index contributed by atoms with van der Waals surface area (Å²) >= 11 is 5.51. The number of hydrogen-bond donors (Lipinski definition) is 0. The van der Waals surface area contributed by atoms with E-state index in [-0.39, 0.29) is 5.91 Å². The number of hydrogen-bond acceptors (Lipinski definition) is 3. The summed E-state index contributed by atoms with van der Waals surface area (Å²) in [7, 11) is -0.684. The van der Waals surface area contributed by atoms with Gasteiger partial charge in [-0.15, -0.1) is 0 Å². The van der Waals surface area contributed by atoms with Crippen molar-refractivity contribution in [2.45, 2.75) is 5.91 Å². The first-order valence-electron chi connectivity index (χ1n) is 2.30. The van der Waals surface area contributed by atoms with Gasteiger partial charge in [-0.05, 0) is 0 Å². The zero-order valence-corrected chi connectivity index (χ0v) is 6.47. The number of halogens is 1. The van der Waals surface area contributed by atoms with Crippen molar-refractivity contribution in [3.63, 3.8) is 0 Å². The molecular formula is C3H7ClO3Si. The molecule has 0 aliphatic carbocycles. The Hall–Kier alpha value is 0.387. The van der Waals surface area contributed by atoms with Crippen LogP contribution in [0.4, 0.5) is 0 Å². The van der Waals surface area contributed by atoms with Crippen LogP contribution in [0.3, 0.4) is 0 Å². The van der Waals surface area contributed by atoms with E-state index in [0.717, 1.165) is 0 Å². The fourth-order valence-electron chi connectivity index (χ4n) is 0.419. The normalized spacial score (nSPS) is 25.1. The molecule has 0 bridgehead atoms. The molecule has 5 heteroatoms. The van der Waals surface area contributed by atoms with Crippen LogP contribution in [-0.2, 0) is 14.2 Å². The molecule has 0 N–H and O–H groups in total. The molecule has 0 unspecified atom stereocenters. The van der Waals surface area contributed by atoms with Gasteiger partial charge < -0.3 is 14.2 Å². The Morgan fingerprint density at radius 2 is 2.00 bits per heavy atom. The van der Waals surface area contributed by atoms with E-state index in [1.54, 1.807) is 0 Å². The first-order valence-corrected chi connectivity index (χ1v) is 5.26. The minimum absolute atomic E-state index is 0.134. The van der Waals surface area contributed by atoms with Crippen LogP contribution in [-0.4, -0.2) is 28.3 Å². The van der Waals surface area contributed by atoms with Gasteiger partial charge in [0.1, 0.15) is 0 Å². The third kappa shape index (κ3) is 1.72. The largest absolute Gasteiger partial charge is 0.329 e. The molecule has 1 saturated heterocycles. The quantitative estimate of drug-likeness (QED) is 0.379. The van der Waals surface area contributed by atoms with Gasteiger partial charge in [0.2, 0.25) is 0 Å². The molecule has 0 spiro atoms. The van der Waals surface area contributed by atoms with Crippen molar-refractivity contribution in [3.8, 4) is 0 Å². The predicted molar refractivity (Wildman–Crippen MR) is 31.2 cm³/mol. The van der Waals surface area contributed by atoms with E-state index < -0.39 is 8.83 Å². The molecule has 0 aromatic heterocycles. The summed E-state index contributed by atoms with van der Waals surface area (Å²) in [6, 6.07) is 0. The van der Waals surface area contributed by atoms with Gasteiger partial charge in [0.15, 0.2) is 28.3 Å². The molecule has 0 radical (unpaired) electrons. The molecule has 0 atom stereocenters. The van der Waals surface area contributed by atoms with Crippen molar-refractivity contribution in [1.82, 2.24) is 0 Å². The van der Waals surface area contributed by atoms with Crippen molar-refractivity contribution < 1.29 is 14.2 Å². The van der Waals surface area contributed by atoms with E-state index in [0.29, 0.717) is 13.6 Å². The van der Waals surface area contributed by atoms with Crippen LogP contribution in [0.25, 0.3) is 0 Å². The molecular weight excluding hydrogens is 148 g/mol. The second-order valence-corrected chi connectivity index (χ2v) is 3.26. The molecule has 48 valence electrons. The van der Waals surface area contributed by atoms with Crippen molar-refractivity contribution in [3.05, 3.63) is 0 Å². The van der Waals surface area contributed by atoms with E-state index in [9.17, 15) is 0 Å². The summed E-state index contributed by atoms with van der Waals surface area (Å²) in [5.74, 6) is -0.134. The third-order valence-electron chi connectivity index (χ3n) is 0.801. The average Bonchev–Trinajstić information content (AvgIpc) is 1.90. The zero-order valence-electron chi connectivity index (χ0n) is 4.30. The highest BCUT2D eigenvalue weighted by atomic mass is 35.6. The molecule has 0 saturated carbocycles. The van der Waals surface area contributed by atoms with Crippen LogP contribution in [0, 0.1) is 0 Å².